The average molecular weight is 372 g/mol. The van der Waals surface area contributed by atoms with Crippen molar-refractivity contribution in [2.75, 3.05) is 5.32 Å². The van der Waals surface area contributed by atoms with E-state index >= 15 is 0 Å². The van der Waals surface area contributed by atoms with Crippen molar-refractivity contribution >= 4 is 11.6 Å². The smallest absolute Gasteiger partial charge is 0.278 e. The lowest BCUT2D eigenvalue weighted by atomic mass is 10.1. The van der Waals surface area contributed by atoms with Gasteiger partial charge in [-0.3, -0.25) is 4.79 Å². The topological polar surface area (TPSA) is 64.4 Å². The zero-order valence-corrected chi connectivity index (χ0v) is 15.1. The number of aromatic nitrogens is 1. The summed E-state index contributed by atoms with van der Waals surface area (Å²) in [4.78, 5) is 12.5. The number of nitrogens with one attached hydrogen (secondary N) is 1. The van der Waals surface area contributed by atoms with E-state index in [1.807, 2.05) is 32.0 Å². The number of aryl methyl sites for hydroxylation is 3. The number of ether oxygens (including phenoxy) is 1. The molecule has 2 aromatic carbocycles. The Labute approximate surface area is 154 Å². The minimum absolute atomic E-state index is 0.0116. The van der Waals surface area contributed by atoms with Gasteiger partial charge in [0.1, 0.15) is 29.8 Å². The Hall–Kier alpha value is -3.22. The van der Waals surface area contributed by atoms with Gasteiger partial charge in [-0.05, 0) is 44.0 Å². The fraction of sp³-hybridized carbons (Fsp3) is 0.200. The van der Waals surface area contributed by atoms with Crippen LogP contribution < -0.4 is 10.1 Å². The molecule has 0 saturated heterocycles. The van der Waals surface area contributed by atoms with Gasteiger partial charge in [-0.15, -0.1) is 0 Å². The molecule has 1 N–H and O–H groups in total. The number of amides is 1. The molecule has 0 radical (unpaired) electrons. The number of carbonyl (C=O) groups excluding carboxylic acids is 1. The van der Waals surface area contributed by atoms with Crippen LogP contribution in [0.3, 0.4) is 0 Å². The largest absolute Gasteiger partial charge is 0.488 e. The second-order valence-corrected chi connectivity index (χ2v) is 6.15. The summed E-state index contributed by atoms with van der Waals surface area (Å²) in [6.45, 7) is 5.57. The summed E-state index contributed by atoms with van der Waals surface area (Å²) in [7, 11) is 0. The van der Waals surface area contributed by atoms with Crippen molar-refractivity contribution in [3.63, 3.8) is 0 Å². The molecule has 140 valence electrons. The van der Waals surface area contributed by atoms with Crippen LogP contribution in [0.2, 0.25) is 0 Å². The highest BCUT2D eigenvalue weighted by atomic mass is 19.1. The molecule has 0 unspecified atom stereocenters. The number of hydrogen-bond acceptors (Lipinski definition) is 4. The molecule has 3 aromatic rings. The number of halogens is 2. The normalized spacial score (nSPS) is 10.7. The Morgan fingerprint density at radius 3 is 2.52 bits per heavy atom. The van der Waals surface area contributed by atoms with Crippen LogP contribution in [0.4, 0.5) is 14.5 Å². The summed E-state index contributed by atoms with van der Waals surface area (Å²) >= 11 is 0. The molecule has 0 atom stereocenters. The quantitative estimate of drug-likeness (QED) is 0.704. The van der Waals surface area contributed by atoms with E-state index in [-0.39, 0.29) is 18.0 Å². The molecule has 0 spiro atoms. The molecule has 0 bridgehead atoms. The fourth-order valence-corrected chi connectivity index (χ4v) is 2.68. The van der Waals surface area contributed by atoms with Crippen molar-refractivity contribution < 1.29 is 22.8 Å². The van der Waals surface area contributed by atoms with Crippen LogP contribution in [-0.4, -0.2) is 11.1 Å². The Morgan fingerprint density at radius 1 is 1.15 bits per heavy atom. The van der Waals surface area contributed by atoms with Gasteiger partial charge in [0, 0.05) is 6.07 Å². The van der Waals surface area contributed by atoms with E-state index in [9.17, 15) is 13.6 Å². The fourth-order valence-electron chi connectivity index (χ4n) is 2.68. The first-order valence-electron chi connectivity index (χ1n) is 8.27. The lowest BCUT2D eigenvalue weighted by molar-refractivity contribution is 0.101. The molecule has 1 amide bonds. The van der Waals surface area contributed by atoms with E-state index in [0.29, 0.717) is 23.1 Å². The third kappa shape index (κ3) is 3.97. The van der Waals surface area contributed by atoms with Crippen molar-refractivity contribution in [1.29, 1.82) is 0 Å². The maximum absolute atomic E-state index is 13.8. The molecule has 1 aromatic heterocycles. The van der Waals surface area contributed by atoms with E-state index in [4.69, 9.17) is 9.26 Å². The second-order valence-electron chi connectivity index (χ2n) is 6.15. The molecule has 0 fully saturated rings. The number of para-hydroxylation sites is 1. The van der Waals surface area contributed by atoms with Gasteiger partial charge in [-0.25, -0.2) is 8.78 Å². The highest BCUT2D eigenvalue weighted by Gasteiger charge is 2.22. The Morgan fingerprint density at radius 2 is 1.85 bits per heavy atom. The van der Waals surface area contributed by atoms with Crippen LogP contribution >= 0.6 is 0 Å². The molecule has 1 heterocycles. The van der Waals surface area contributed by atoms with Crippen molar-refractivity contribution in [3.05, 3.63) is 76.2 Å². The summed E-state index contributed by atoms with van der Waals surface area (Å²) in [6, 6.07) is 8.66. The summed E-state index contributed by atoms with van der Waals surface area (Å²) in [5, 5.41) is 6.12. The van der Waals surface area contributed by atoms with Gasteiger partial charge in [0.15, 0.2) is 5.69 Å². The Balaban J connectivity index is 1.80. The lowest BCUT2D eigenvalue weighted by Crippen LogP contribution is -2.16. The van der Waals surface area contributed by atoms with Gasteiger partial charge >= 0.3 is 0 Å². The Kier molecular flexibility index (Phi) is 5.21. The second kappa shape index (κ2) is 7.57. The summed E-state index contributed by atoms with van der Waals surface area (Å²) in [6.07, 6.45) is 0. The predicted molar refractivity (Wildman–Crippen MR) is 95.8 cm³/mol. The van der Waals surface area contributed by atoms with Gasteiger partial charge in [-0.2, -0.15) is 0 Å². The molecular formula is C20H18F2N2O3. The van der Waals surface area contributed by atoms with E-state index in [1.54, 1.807) is 6.92 Å². The monoisotopic (exact) mass is 372 g/mol. The maximum atomic E-state index is 13.8. The first-order chi connectivity index (χ1) is 12.9. The zero-order valence-electron chi connectivity index (χ0n) is 15.1. The van der Waals surface area contributed by atoms with Crippen LogP contribution in [0.25, 0.3) is 0 Å². The Bertz CT molecular complexity index is 979. The molecule has 0 aliphatic heterocycles. The molecule has 0 aliphatic carbocycles. The molecular weight excluding hydrogens is 354 g/mol. The van der Waals surface area contributed by atoms with Crippen LogP contribution in [-0.2, 0) is 6.61 Å². The number of carbonyl (C=O) groups is 1. The van der Waals surface area contributed by atoms with Gasteiger partial charge in [0.05, 0.1) is 11.3 Å². The van der Waals surface area contributed by atoms with Gasteiger partial charge < -0.3 is 14.6 Å². The van der Waals surface area contributed by atoms with E-state index < -0.39 is 17.5 Å². The van der Waals surface area contributed by atoms with Crippen LogP contribution in [0.1, 0.15) is 32.9 Å². The van der Waals surface area contributed by atoms with E-state index in [2.05, 4.69) is 10.5 Å². The van der Waals surface area contributed by atoms with Crippen LogP contribution in [0, 0.1) is 32.4 Å². The number of hydrogen-bond donors (Lipinski definition) is 1. The van der Waals surface area contributed by atoms with Crippen LogP contribution in [0.5, 0.6) is 5.75 Å². The number of nitrogens with zero attached hydrogens (tertiary/aromatic N) is 1. The first kappa shape index (κ1) is 18.6. The van der Waals surface area contributed by atoms with Crippen molar-refractivity contribution in [1.82, 2.24) is 5.16 Å². The van der Waals surface area contributed by atoms with Crippen molar-refractivity contribution in [2.24, 2.45) is 0 Å². The predicted octanol–water partition coefficient (Wildman–Crippen LogP) is 4.71. The van der Waals surface area contributed by atoms with Gasteiger partial charge in [0.2, 0.25) is 0 Å². The van der Waals surface area contributed by atoms with Crippen molar-refractivity contribution in [3.8, 4) is 5.75 Å². The molecule has 0 aliphatic rings. The molecule has 3 rings (SSSR count). The summed E-state index contributed by atoms with van der Waals surface area (Å²) in [5.74, 6) is -1.14. The minimum atomic E-state index is -0.878. The van der Waals surface area contributed by atoms with Gasteiger partial charge in [0.25, 0.3) is 5.91 Å². The third-order valence-corrected chi connectivity index (χ3v) is 4.15. The third-order valence-electron chi connectivity index (χ3n) is 4.15. The standard InChI is InChI=1S/C20H18F2N2O3/c1-11-5-4-6-12(2)19(11)26-10-15-13(3)27-24-18(15)20(25)23-17-8-7-14(21)9-16(17)22/h4-9H,10H2,1-3H3,(H,23,25). The highest BCUT2D eigenvalue weighted by molar-refractivity contribution is 6.03. The average Bonchev–Trinajstić information content (AvgIpc) is 2.98. The molecule has 5 nitrogen and oxygen atoms in total. The van der Waals surface area contributed by atoms with Gasteiger partial charge in [-0.1, -0.05) is 23.4 Å². The van der Waals surface area contributed by atoms with E-state index in [1.165, 1.54) is 0 Å². The number of anilines is 1. The SMILES string of the molecule is Cc1cccc(C)c1OCc1c(C(=O)Nc2ccc(F)cc2F)noc1C. The highest BCUT2D eigenvalue weighted by Crippen LogP contribution is 2.25. The lowest BCUT2D eigenvalue weighted by Gasteiger charge is -2.12. The minimum Gasteiger partial charge on any atom is -0.488 e. The van der Waals surface area contributed by atoms with Crippen molar-refractivity contribution in [2.45, 2.75) is 27.4 Å². The summed E-state index contributed by atoms with van der Waals surface area (Å²) in [5.41, 5.74) is 2.22. The molecule has 27 heavy (non-hydrogen) atoms. The number of rotatable bonds is 5. The number of benzene rings is 2. The maximum Gasteiger partial charge on any atom is 0.278 e. The van der Waals surface area contributed by atoms with E-state index in [0.717, 1.165) is 23.3 Å². The summed E-state index contributed by atoms with van der Waals surface area (Å²) < 4.78 is 37.8. The van der Waals surface area contributed by atoms with Crippen LogP contribution in [0.15, 0.2) is 40.9 Å². The molecule has 0 saturated carbocycles. The zero-order chi connectivity index (χ0) is 19.6. The first-order valence-corrected chi connectivity index (χ1v) is 8.27. The molecule has 7 heteroatoms.